The molecule has 4 heterocycles. The topological polar surface area (TPSA) is 103 Å². The van der Waals surface area contributed by atoms with Crippen molar-refractivity contribution in [3.8, 4) is 0 Å². The van der Waals surface area contributed by atoms with Gasteiger partial charge in [-0.15, -0.1) is 0 Å². The Balaban J connectivity index is 0.881. The third kappa shape index (κ3) is 6.74. The summed E-state index contributed by atoms with van der Waals surface area (Å²) in [6.07, 6.45) is 5.48. The monoisotopic (exact) mass is 633 g/mol. The van der Waals surface area contributed by atoms with Crippen LogP contribution in [0.2, 0.25) is 0 Å². The molecule has 4 aromatic rings. The second kappa shape index (κ2) is 13.2. The van der Waals surface area contributed by atoms with E-state index >= 15 is 0 Å². The summed E-state index contributed by atoms with van der Waals surface area (Å²) in [5.74, 6) is -0.228. The Kier molecular flexibility index (Phi) is 8.68. The van der Waals surface area contributed by atoms with Crippen LogP contribution in [0, 0.1) is 6.92 Å². The average Bonchev–Trinajstić information content (AvgIpc) is 3.43. The van der Waals surface area contributed by atoms with Crippen molar-refractivity contribution in [1.82, 2.24) is 24.9 Å². The summed E-state index contributed by atoms with van der Waals surface area (Å²) in [7, 11) is 1.97. The van der Waals surface area contributed by atoms with Crippen molar-refractivity contribution >= 4 is 40.5 Å². The predicted molar refractivity (Wildman–Crippen MR) is 183 cm³/mol. The second-order valence-corrected chi connectivity index (χ2v) is 13.4. The molecule has 1 atom stereocenters. The molecule has 2 N–H and O–H groups in total. The van der Waals surface area contributed by atoms with Gasteiger partial charge in [-0.25, -0.2) is 0 Å². The number of aromatic nitrogens is 2. The first-order valence-corrected chi connectivity index (χ1v) is 16.7. The van der Waals surface area contributed by atoms with Crippen LogP contribution in [0.5, 0.6) is 0 Å². The molecule has 10 nitrogen and oxygen atoms in total. The number of imide groups is 1. The van der Waals surface area contributed by atoms with Crippen molar-refractivity contribution in [2.24, 2.45) is 7.05 Å². The number of rotatable bonds is 10. The molecule has 3 fully saturated rings. The number of carbonyl (C=O) groups excluding carboxylic acids is 3. The van der Waals surface area contributed by atoms with E-state index < -0.39 is 11.9 Å². The van der Waals surface area contributed by atoms with Gasteiger partial charge in [0.15, 0.2) is 0 Å². The van der Waals surface area contributed by atoms with Gasteiger partial charge in [0, 0.05) is 81.5 Å². The summed E-state index contributed by atoms with van der Waals surface area (Å²) in [5.41, 5.74) is 8.33. The number of anilines is 2. The van der Waals surface area contributed by atoms with Crippen LogP contribution in [0.3, 0.4) is 0 Å². The molecule has 47 heavy (non-hydrogen) atoms. The maximum atomic E-state index is 12.4. The number of aryl methyl sites for hydroxylation is 2. The van der Waals surface area contributed by atoms with E-state index in [1.807, 2.05) is 24.9 Å². The third-order valence-corrected chi connectivity index (χ3v) is 10.2. The zero-order valence-corrected chi connectivity index (χ0v) is 27.2. The van der Waals surface area contributed by atoms with Crippen molar-refractivity contribution in [3.63, 3.8) is 0 Å². The van der Waals surface area contributed by atoms with Gasteiger partial charge in [-0.3, -0.25) is 29.3 Å². The van der Waals surface area contributed by atoms with Gasteiger partial charge in [-0.1, -0.05) is 30.3 Å². The van der Waals surface area contributed by atoms with Crippen LogP contribution in [0.25, 0.3) is 10.9 Å². The van der Waals surface area contributed by atoms with E-state index in [1.165, 1.54) is 32.8 Å². The Morgan fingerprint density at radius 1 is 1.00 bits per heavy atom. The first-order valence-electron chi connectivity index (χ1n) is 16.7. The zero-order chi connectivity index (χ0) is 32.5. The number of hydrogen-bond donors (Lipinski definition) is 2. The van der Waals surface area contributed by atoms with E-state index in [-0.39, 0.29) is 12.3 Å². The fourth-order valence-electron chi connectivity index (χ4n) is 7.28. The van der Waals surface area contributed by atoms with Gasteiger partial charge >= 0.3 is 0 Å². The standard InChI is InChI=1S/C37H43N7O3/c1-25-3-6-27(17-29(25)23-44(24-45)35-11-12-36(46)40-37(35)47)30-21-42(22-30)20-26-4-8-33(9-5-26)43-15-13-31(14-16-43)39-32-7-10-34-28(18-32)19-38-41(34)2/h3-10,17-19,24,30-31,35,39H,11-16,20-23H2,1-2H3,(H,40,46,47). The summed E-state index contributed by atoms with van der Waals surface area (Å²) in [5, 5.41) is 11.6. The number of piperidine rings is 2. The van der Waals surface area contributed by atoms with E-state index in [4.69, 9.17) is 0 Å². The van der Waals surface area contributed by atoms with Gasteiger partial charge in [0.2, 0.25) is 18.2 Å². The smallest absolute Gasteiger partial charge is 0.249 e. The maximum Gasteiger partial charge on any atom is 0.249 e. The van der Waals surface area contributed by atoms with Crippen LogP contribution >= 0.6 is 0 Å². The van der Waals surface area contributed by atoms with Gasteiger partial charge in [-0.05, 0) is 78.8 Å². The number of amides is 3. The molecule has 10 heteroatoms. The second-order valence-electron chi connectivity index (χ2n) is 13.4. The van der Waals surface area contributed by atoms with Gasteiger partial charge in [0.25, 0.3) is 0 Å². The predicted octanol–water partition coefficient (Wildman–Crippen LogP) is 4.33. The van der Waals surface area contributed by atoms with Crippen LogP contribution in [0.15, 0.2) is 66.9 Å². The maximum absolute atomic E-state index is 12.4. The van der Waals surface area contributed by atoms with E-state index in [9.17, 15) is 14.4 Å². The van der Waals surface area contributed by atoms with Crippen LogP contribution < -0.4 is 15.5 Å². The number of hydrogen-bond acceptors (Lipinski definition) is 7. The summed E-state index contributed by atoms with van der Waals surface area (Å²) in [6.45, 7) is 7.37. The first-order chi connectivity index (χ1) is 22.8. The van der Waals surface area contributed by atoms with E-state index in [1.54, 1.807) is 0 Å². The Labute approximate surface area is 275 Å². The molecule has 3 aliphatic heterocycles. The van der Waals surface area contributed by atoms with Crippen LogP contribution in [0.4, 0.5) is 11.4 Å². The summed E-state index contributed by atoms with van der Waals surface area (Å²) in [4.78, 5) is 42.3. The Morgan fingerprint density at radius 3 is 2.53 bits per heavy atom. The molecule has 3 aliphatic rings. The lowest BCUT2D eigenvalue weighted by Crippen LogP contribution is -2.51. The number of fused-ring (bicyclic) bond motifs is 1. The molecule has 3 aromatic carbocycles. The SMILES string of the molecule is Cc1ccc(C2CN(Cc3ccc(N4CCC(Nc5ccc6c(cnn6C)c5)CC4)cc3)C2)cc1CN(C=O)C1CCC(=O)NC1=O. The van der Waals surface area contributed by atoms with Crippen molar-refractivity contribution in [2.45, 2.75) is 63.7 Å². The molecule has 3 saturated heterocycles. The molecule has 244 valence electrons. The Bertz CT molecular complexity index is 1770. The van der Waals surface area contributed by atoms with Crippen LogP contribution in [0.1, 0.15) is 53.9 Å². The minimum atomic E-state index is -0.609. The first kappa shape index (κ1) is 30.9. The minimum absolute atomic E-state index is 0.253. The Hall–Kier alpha value is -4.70. The number of nitrogens with zero attached hydrogens (tertiary/aromatic N) is 5. The summed E-state index contributed by atoms with van der Waals surface area (Å²) < 4.78 is 1.91. The average molecular weight is 634 g/mol. The van der Waals surface area contributed by atoms with E-state index in [0.717, 1.165) is 68.6 Å². The minimum Gasteiger partial charge on any atom is -0.382 e. The summed E-state index contributed by atoms with van der Waals surface area (Å²) >= 11 is 0. The normalized spacial score (nSPS) is 19.4. The number of carbonyl (C=O) groups is 3. The highest BCUT2D eigenvalue weighted by Crippen LogP contribution is 2.31. The molecular weight excluding hydrogens is 590 g/mol. The zero-order valence-electron chi connectivity index (χ0n) is 27.2. The third-order valence-electron chi connectivity index (χ3n) is 10.2. The molecule has 0 spiro atoms. The molecule has 0 bridgehead atoms. The fourth-order valence-corrected chi connectivity index (χ4v) is 7.28. The van der Waals surface area contributed by atoms with Gasteiger partial charge < -0.3 is 15.1 Å². The number of nitrogens with one attached hydrogen (secondary N) is 2. The van der Waals surface area contributed by atoms with E-state index in [2.05, 4.69) is 86.2 Å². The van der Waals surface area contributed by atoms with Gasteiger partial charge in [0.05, 0.1) is 11.7 Å². The van der Waals surface area contributed by atoms with E-state index in [0.29, 0.717) is 24.9 Å². The molecule has 3 amide bonds. The fraction of sp³-hybridized carbons (Fsp3) is 0.405. The lowest BCUT2D eigenvalue weighted by molar-refractivity contribution is -0.141. The van der Waals surface area contributed by atoms with Crippen molar-refractivity contribution < 1.29 is 14.4 Å². The molecular formula is C37H43N7O3. The molecule has 7 rings (SSSR count). The highest BCUT2D eigenvalue weighted by Gasteiger charge is 2.32. The highest BCUT2D eigenvalue weighted by molar-refractivity contribution is 6.00. The number of benzene rings is 3. The molecule has 0 saturated carbocycles. The lowest BCUT2D eigenvalue weighted by Gasteiger charge is -2.40. The lowest BCUT2D eigenvalue weighted by atomic mass is 9.88. The van der Waals surface area contributed by atoms with Gasteiger partial charge in [-0.2, -0.15) is 5.10 Å². The molecule has 1 unspecified atom stereocenters. The quantitative estimate of drug-likeness (QED) is 0.198. The molecule has 1 aromatic heterocycles. The largest absolute Gasteiger partial charge is 0.382 e. The van der Waals surface area contributed by atoms with Crippen molar-refractivity contribution in [1.29, 1.82) is 0 Å². The Morgan fingerprint density at radius 2 is 1.79 bits per heavy atom. The van der Waals surface area contributed by atoms with Crippen molar-refractivity contribution in [3.05, 3.63) is 89.1 Å². The molecule has 0 aliphatic carbocycles. The highest BCUT2D eigenvalue weighted by atomic mass is 16.2. The van der Waals surface area contributed by atoms with Gasteiger partial charge in [0.1, 0.15) is 6.04 Å². The summed E-state index contributed by atoms with van der Waals surface area (Å²) in [6, 6.07) is 21.9. The molecule has 0 radical (unpaired) electrons. The van der Waals surface area contributed by atoms with Crippen LogP contribution in [-0.2, 0) is 34.5 Å². The number of likely N-dealkylation sites (tertiary alicyclic amines) is 1. The van der Waals surface area contributed by atoms with Crippen molar-refractivity contribution in [2.75, 3.05) is 36.4 Å². The van der Waals surface area contributed by atoms with Crippen LogP contribution in [-0.4, -0.2) is 76.1 Å².